The Balaban J connectivity index is 1.67. The molecule has 5 rings (SSSR count). The molecule has 0 unspecified atom stereocenters. The third-order valence-electron chi connectivity index (χ3n) is 5.50. The molecule has 154 valence electrons. The van der Waals surface area contributed by atoms with Crippen molar-refractivity contribution in [2.45, 2.75) is 39.3 Å². The van der Waals surface area contributed by atoms with Gasteiger partial charge in [0.1, 0.15) is 17.8 Å². The second kappa shape index (κ2) is 7.32. The molecule has 31 heavy (non-hydrogen) atoms. The number of aromatic nitrogens is 7. The van der Waals surface area contributed by atoms with Crippen LogP contribution in [0.25, 0.3) is 23.0 Å². The number of nitriles is 1. The van der Waals surface area contributed by atoms with E-state index in [0.717, 1.165) is 29.3 Å². The molecule has 4 heterocycles. The van der Waals surface area contributed by atoms with E-state index in [4.69, 9.17) is 4.98 Å². The van der Waals surface area contributed by atoms with Crippen LogP contribution in [0.5, 0.6) is 0 Å². The molecular formula is C22H21N9. The lowest BCUT2D eigenvalue weighted by atomic mass is 10.1. The van der Waals surface area contributed by atoms with Crippen LogP contribution in [0.1, 0.15) is 44.6 Å². The molecule has 0 spiro atoms. The van der Waals surface area contributed by atoms with Gasteiger partial charge in [0.05, 0.1) is 23.9 Å². The molecular weight excluding hydrogens is 390 g/mol. The van der Waals surface area contributed by atoms with Gasteiger partial charge in [0.25, 0.3) is 0 Å². The summed E-state index contributed by atoms with van der Waals surface area (Å²) in [5.41, 5.74) is 2.27. The summed E-state index contributed by atoms with van der Waals surface area (Å²) in [5.74, 6) is 2.94. The Morgan fingerprint density at radius 2 is 2.06 bits per heavy atom. The lowest BCUT2D eigenvalue weighted by Gasteiger charge is -2.39. The zero-order valence-corrected chi connectivity index (χ0v) is 17.5. The Labute approximate surface area is 179 Å². The molecule has 9 nitrogen and oxygen atoms in total. The van der Waals surface area contributed by atoms with Crippen LogP contribution in [0.3, 0.4) is 0 Å². The predicted molar refractivity (Wildman–Crippen MR) is 115 cm³/mol. The van der Waals surface area contributed by atoms with Gasteiger partial charge in [0, 0.05) is 24.0 Å². The first-order chi connectivity index (χ1) is 15.1. The first-order valence-corrected chi connectivity index (χ1v) is 10.2. The number of imidazole rings is 1. The molecule has 3 aromatic heterocycles. The van der Waals surface area contributed by atoms with E-state index in [1.807, 2.05) is 33.5 Å². The van der Waals surface area contributed by atoms with E-state index in [9.17, 15) is 5.26 Å². The highest BCUT2D eigenvalue weighted by atomic mass is 15.4. The molecule has 9 heteroatoms. The normalized spacial score (nSPS) is 14.9. The fourth-order valence-electron chi connectivity index (χ4n) is 4.15. The van der Waals surface area contributed by atoms with Gasteiger partial charge in [-0.3, -0.25) is 9.13 Å². The van der Waals surface area contributed by atoms with Crippen LogP contribution < -0.4 is 4.90 Å². The van der Waals surface area contributed by atoms with Crippen molar-refractivity contribution in [3.63, 3.8) is 0 Å². The fourth-order valence-corrected chi connectivity index (χ4v) is 4.15. The summed E-state index contributed by atoms with van der Waals surface area (Å²) in [6.07, 6.45) is 7.95. The third kappa shape index (κ3) is 2.95. The number of fused-ring (bicyclic) bond motifs is 3. The quantitative estimate of drug-likeness (QED) is 0.507. The maximum Gasteiger partial charge on any atom is 0.237 e. The molecule has 0 fully saturated rings. The molecule has 0 saturated heterocycles. The molecule has 1 atom stereocenters. The van der Waals surface area contributed by atoms with E-state index in [1.54, 1.807) is 24.8 Å². The minimum Gasteiger partial charge on any atom is -0.342 e. The summed E-state index contributed by atoms with van der Waals surface area (Å²) in [6.45, 7) is 6.44. The second-order valence-electron chi connectivity index (χ2n) is 7.68. The first kappa shape index (κ1) is 18.9. The Morgan fingerprint density at radius 3 is 2.84 bits per heavy atom. The van der Waals surface area contributed by atoms with E-state index in [1.165, 1.54) is 0 Å². The van der Waals surface area contributed by atoms with Crippen LogP contribution in [-0.4, -0.2) is 40.3 Å². The maximum absolute atomic E-state index is 9.25. The van der Waals surface area contributed by atoms with E-state index in [2.05, 4.69) is 51.9 Å². The van der Waals surface area contributed by atoms with Gasteiger partial charge in [-0.1, -0.05) is 19.1 Å². The predicted octanol–water partition coefficient (Wildman–Crippen LogP) is 3.46. The van der Waals surface area contributed by atoms with Gasteiger partial charge >= 0.3 is 0 Å². The SMILES string of the molecule is CC[C@@H]1c2nncn2-c2cnc(-n3ccnc3-c3cccc(C#N)c3)nc2N1C(C)C. The van der Waals surface area contributed by atoms with Gasteiger partial charge in [-0.25, -0.2) is 9.97 Å². The van der Waals surface area contributed by atoms with Gasteiger partial charge in [-0.15, -0.1) is 10.2 Å². The Morgan fingerprint density at radius 1 is 1.19 bits per heavy atom. The highest BCUT2D eigenvalue weighted by Crippen LogP contribution is 2.39. The number of nitrogens with zero attached hydrogens (tertiary/aromatic N) is 9. The van der Waals surface area contributed by atoms with Gasteiger partial charge < -0.3 is 4.90 Å². The lowest BCUT2D eigenvalue weighted by Crippen LogP contribution is -2.40. The van der Waals surface area contributed by atoms with Crippen molar-refractivity contribution in [2.24, 2.45) is 0 Å². The number of benzene rings is 1. The molecule has 0 aliphatic carbocycles. The van der Waals surface area contributed by atoms with Gasteiger partial charge in [-0.2, -0.15) is 10.2 Å². The van der Waals surface area contributed by atoms with Gasteiger partial charge in [0.2, 0.25) is 5.95 Å². The molecule has 1 aromatic carbocycles. The highest BCUT2D eigenvalue weighted by molar-refractivity contribution is 5.64. The molecule has 0 bridgehead atoms. The summed E-state index contributed by atoms with van der Waals surface area (Å²) in [6, 6.07) is 9.83. The van der Waals surface area contributed by atoms with Crippen molar-refractivity contribution in [1.29, 1.82) is 5.26 Å². The van der Waals surface area contributed by atoms with E-state index in [0.29, 0.717) is 17.3 Å². The van der Waals surface area contributed by atoms with Crippen LogP contribution in [0, 0.1) is 11.3 Å². The van der Waals surface area contributed by atoms with Crippen LogP contribution in [0.2, 0.25) is 0 Å². The van der Waals surface area contributed by atoms with Crippen molar-refractivity contribution in [3.05, 3.63) is 60.6 Å². The van der Waals surface area contributed by atoms with Crippen molar-refractivity contribution in [1.82, 2.24) is 34.3 Å². The van der Waals surface area contributed by atoms with Crippen molar-refractivity contribution in [2.75, 3.05) is 4.90 Å². The molecule has 4 aromatic rings. The van der Waals surface area contributed by atoms with E-state index < -0.39 is 0 Å². The summed E-state index contributed by atoms with van der Waals surface area (Å²) in [4.78, 5) is 16.4. The molecule has 0 radical (unpaired) electrons. The zero-order valence-electron chi connectivity index (χ0n) is 17.5. The lowest BCUT2D eigenvalue weighted by molar-refractivity contribution is 0.497. The maximum atomic E-state index is 9.25. The molecule has 1 aliphatic heterocycles. The standard InChI is InChI=1S/C22H21N9/c1-4-17-21-28-26-13-30(21)18-12-25-22(27-20(18)31(17)14(2)3)29-9-8-24-19(29)16-7-5-6-15(10-16)11-23/h5-10,12-14,17H,4H2,1-3H3/t17-/m1/s1. The average Bonchev–Trinajstić information content (AvgIpc) is 3.47. The average molecular weight is 411 g/mol. The highest BCUT2D eigenvalue weighted by Gasteiger charge is 2.35. The van der Waals surface area contributed by atoms with Gasteiger partial charge in [-0.05, 0) is 32.4 Å². The monoisotopic (exact) mass is 411 g/mol. The smallest absolute Gasteiger partial charge is 0.237 e. The van der Waals surface area contributed by atoms with E-state index >= 15 is 0 Å². The fraction of sp³-hybridized carbons (Fsp3) is 0.273. The summed E-state index contributed by atoms with van der Waals surface area (Å²) < 4.78 is 3.81. The first-order valence-electron chi connectivity index (χ1n) is 10.2. The van der Waals surface area contributed by atoms with Crippen LogP contribution in [0.4, 0.5) is 5.82 Å². The van der Waals surface area contributed by atoms with Crippen LogP contribution >= 0.6 is 0 Å². The van der Waals surface area contributed by atoms with Crippen LogP contribution in [-0.2, 0) is 0 Å². The summed E-state index contributed by atoms with van der Waals surface area (Å²) >= 11 is 0. The Hall–Kier alpha value is -4.06. The molecule has 1 aliphatic rings. The Kier molecular flexibility index (Phi) is 4.47. The van der Waals surface area contributed by atoms with Crippen LogP contribution in [0.15, 0.2) is 49.2 Å². The summed E-state index contributed by atoms with van der Waals surface area (Å²) in [5, 5.41) is 17.7. The molecule has 0 saturated carbocycles. The minimum atomic E-state index is 0.0762. The third-order valence-corrected chi connectivity index (χ3v) is 5.50. The minimum absolute atomic E-state index is 0.0762. The molecule has 0 N–H and O–H groups in total. The van der Waals surface area contributed by atoms with E-state index in [-0.39, 0.29) is 12.1 Å². The topological polar surface area (TPSA) is 101 Å². The zero-order chi connectivity index (χ0) is 21.5. The Bertz CT molecular complexity index is 1290. The largest absolute Gasteiger partial charge is 0.342 e. The molecule has 0 amide bonds. The number of hydrogen-bond donors (Lipinski definition) is 0. The van der Waals surface area contributed by atoms with Crippen molar-refractivity contribution < 1.29 is 0 Å². The van der Waals surface area contributed by atoms with Gasteiger partial charge in [0.15, 0.2) is 11.6 Å². The summed E-state index contributed by atoms with van der Waals surface area (Å²) in [7, 11) is 0. The van der Waals surface area contributed by atoms with Crippen molar-refractivity contribution >= 4 is 5.82 Å². The number of anilines is 1. The second-order valence-corrected chi connectivity index (χ2v) is 7.68. The van der Waals surface area contributed by atoms with Crippen molar-refractivity contribution in [3.8, 4) is 29.1 Å². The number of rotatable bonds is 4. The number of hydrogen-bond acceptors (Lipinski definition) is 7.